The maximum atomic E-state index is 12.0. The molecule has 0 rings (SSSR count). The predicted octanol–water partition coefficient (Wildman–Crippen LogP) is 0.305. The molecular formula is C15H28N2O6. The van der Waals surface area contributed by atoms with E-state index in [9.17, 15) is 14.4 Å². The number of ether oxygens (including phenoxy) is 2. The standard InChI is InChI=1S/C15H28N2O6/c1-3-5-13(18)17-12(6-7-14(19)20)15(21)16-8-9-23-11-10-22-4-2/h12H,3-11H2,1-2H3,(H,16,21)(H,17,18)(H,19,20)/t12-/m0/s1. The quantitative estimate of drug-likeness (QED) is 0.394. The normalized spacial score (nSPS) is 11.7. The van der Waals surface area contributed by atoms with E-state index in [0.29, 0.717) is 39.3 Å². The van der Waals surface area contributed by atoms with Gasteiger partial charge in [-0.1, -0.05) is 6.92 Å². The zero-order valence-electron chi connectivity index (χ0n) is 13.9. The maximum Gasteiger partial charge on any atom is 0.303 e. The number of amides is 2. The van der Waals surface area contributed by atoms with Crippen LogP contribution >= 0.6 is 0 Å². The van der Waals surface area contributed by atoms with Crippen molar-refractivity contribution in [3.63, 3.8) is 0 Å². The van der Waals surface area contributed by atoms with Crippen molar-refractivity contribution in [3.05, 3.63) is 0 Å². The van der Waals surface area contributed by atoms with Crippen LogP contribution in [0.2, 0.25) is 0 Å². The molecular weight excluding hydrogens is 304 g/mol. The van der Waals surface area contributed by atoms with Gasteiger partial charge in [0.1, 0.15) is 6.04 Å². The molecule has 0 heterocycles. The van der Waals surface area contributed by atoms with Crippen molar-refractivity contribution in [1.82, 2.24) is 10.6 Å². The van der Waals surface area contributed by atoms with Gasteiger partial charge in [0.25, 0.3) is 0 Å². The summed E-state index contributed by atoms with van der Waals surface area (Å²) in [7, 11) is 0. The van der Waals surface area contributed by atoms with Crippen molar-refractivity contribution < 1.29 is 29.0 Å². The summed E-state index contributed by atoms with van der Waals surface area (Å²) in [5.41, 5.74) is 0. The lowest BCUT2D eigenvalue weighted by atomic mass is 10.1. The summed E-state index contributed by atoms with van der Waals surface area (Å²) in [6.07, 6.45) is 0.835. The Bertz CT molecular complexity index is 362. The number of hydrogen-bond acceptors (Lipinski definition) is 5. The van der Waals surface area contributed by atoms with Crippen molar-refractivity contribution >= 4 is 17.8 Å². The Morgan fingerprint density at radius 1 is 1.04 bits per heavy atom. The van der Waals surface area contributed by atoms with Crippen LogP contribution in [0.15, 0.2) is 0 Å². The lowest BCUT2D eigenvalue weighted by molar-refractivity contribution is -0.138. The second-order valence-electron chi connectivity index (χ2n) is 4.90. The van der Waals surface area contributed by atoms with Gasteiger partial charge in [-0.05, 0) is 19.8 Å². The van der Waals surface area contributed by atoms with Crippen LogP contribution in [-0.4, -0.2) is 61.9 Å². The number of nitrogens with one attached hydrogen (secondary N) is 2. The van der Waals surface area contributed by atoms with Gasteiger partial charge in [0.05, 0.1) is 19.8 Å². The molecule has 0 spiro atoms. The lowest BCUT2D eigenvalue weighted by Crippen LogP contribution is -2.47. The molecule has 0 unspecified atom stereocenters. The van der Waals surface area contributed by atoms with Gasteiger partial charge < -0.3 is 25.2 Å². The third-order valence-corrected chi connectivity index (χ3v) is 2.90. The minimum atomic E-state index is -1.01. The van der Waals surface area contributed by atoms with Crippen molar-refractivity contribution in [2.24, 2.45) is 0 Å². The summed E-state index contributed by atoms with van der Waals surface area (Å²) in [4.78, 5) is 34.3. The SMILES string of the molecule is CCCC(=O)N[C@@H](CCC(=O)O)C(=O)NCCOCCOCC. The first kappa shape index (κ1) is 21.3. The second-order valence-corrected chi connectivity index (χ2v) is 4.90. The zero-order valence-corrected chi connectivity index (χ0v) is 13.9. The smallest absolute Gasteiger partial charge is 0.303 e. The van der Waals surface area contributed by atoms with Gasteiger partial charge in [-0.3, -0.25) is 14.4 Å². The number of carbonyl (C=O) groups is 3. The van der Waals surface area contributed by atoms with Gasteiger partial charge in [0.2, 0.25) is 11.8 Å². The Labute approximate surface area is 136 Å². The number of aliphatic carboxylic acids is 1. The lowest BCUT2D eigenvalue weighted by Gasteiger charge is -2.17. The van der Waals surface area contributed by atoms with Crippen LogP contribution < -0.4 is 10.6 Å². The summed E-state index contributed by atoms with van der Waals surface area (Å²) in [5.74, 6) is -1.66. The molecule has 0 aliphatic heterocycles. The average Bonchev–Trinajstić information content (AvgIpc) is 2.50. The highest BCUT2D eigenvalue weighted by atomic mass is 16.5. The van der Waals surface area contributed by atoms with E-state index in [1.807, 2.05) is 13.8 Å². The molecule has 0 saturated carbocycles. The highest BCUT2D eigenvalue weighted by Crippen LogP contribution is 2.00. The van der Waals surface area contributed by atoms with Crippen LogP contribution in [0.3, 0.4) is 0 Å². The number of carboxylic acid groups (broad SMARTS) is 1. The molecule has 3 N–H and O–H groups in total. The van der Waals surface area contributed by atoms with Crippen molar-refractivity contribution in [1.29, 1.82) is 0 Å². The third-order valence-electron chi connectivity index (χ3n) is 2.90. The predicted molar refractivity (Wildman–Crippen MR) is 84.0 cm³/mol. The summed E-state index contributed by atoms with van der Waals surface area (Å²) < 4.78 is 10.4. The van der Waals surface area contributed by atoms with Gasteiger partial charge in [-0.25, -0.2) is 0 Å². The summed E-state index contributed by atoms with van der Waals surface area (Å²) >= 11 is 0. The second kappa shape index (κ2) is 14.0. The Hall–Kier alpha value is -1.67. The Morgan fingerprint density at radius 2 is 1.74 bits per heavy atom. The Balaban J connectivity index is 4.11. The van der Waals surface area contributed by atoms with Crippen molar-refractivity contribution in [2.45, 2.75) is 45.6 Å². The Morgan fingerprint density at radius 3 is 2.35 bits per heavy atom. The summed E-state index contributed by atoms with van der Waals surface area (Å²) in [6.45, 7) is 5.93. The Kier molecular flexibility index (Phi) is 12.9. The van der Waals surface area contributed by atoms with Crippen LogP contribution in [-0.2, 0) is 23.9 Å². The van der Waals surface area contributed by atoms with E-state index in [1.165, 1.54) is 0 Å². The zero-order chi connectivity index (χ0) is 17.5. The minimum absolute atomic E-state index is 0.0574. The topological polar surface area (TPSA) is 114 Å². The van der Waals surface area contributed by atoms with Crippen LogP contribution in [0.4, 0.5) is 0 Å². The van der Waals surface area contributed by atoms with Crippen molar-refractivity contribution in [2.75, 3.05) is 33.0 Å². The van der Waals surface area contributed by atoms with Crippen LogP contribution in [0.5, 0.6) is 0 Å². The fraction of sp³-hybridized carbons (Fsp3) is 0.800. The van der Waals surface area contributed by atoms with Gasteiger partial charge in [-0.15, -0.1) is 0 Å². The van der Waals surface area contributed by atoms with E-state index in [1.54, 1.807) is 0 Å². The third kappa shape index (κ3) is 12.5. The molecule has 8 nitrogen and oxygen atoms in total. The van der Waals surface area contributed by atoms with Crippen LogP contribution in [0, 0.1) is 0 Å². The van der Waals surface area contributed by atoms with E-state index in [4.69, 9.17) is 14.6 Å². The fourth-order valence-corrected chi connectivity index (χ4v) is 1.76. The van der Waals surface area contributed by atoms with E-state index in [-0.39, 0.29) is 25.3 Å². The number of carbonyl (C=O) groups excluding carboxylic acids is 2. The molecule has 1 atom stereocenters. The highest BCUT2D eigenvalue weighted by molar-refractivity contribution is 5.87. The first-order chi connectivity index (χ1) is 11.0. The molecule has 0 aromatic carbocycles. The van der Waals surface area contributed by atoms with E-state index < -0.39 is 17.9 Å². The summed E-state index contributed by atoms with van der Waals surface area (Å²) in [6, 6.07) is -0.839. The van der Waals surface area contributed by atoms with Gasteiger partial charge in [0, 0.05) is 26.0 Å². The molecule has 134 valence electrons. The minimum Gasteiger partial charge on any atom is -0.481 e. The molecule has 23 heavy (non-hydrogen) atoms. The van der Waals surface area contributed by atoms with E-state index in [0.717, 1.165) is 0 Å². The molecule has 0 fully saturated rings. The monoisotopic (exact) mass is 332 g/mol. The van der Waals surface area contributed by atoms with Crippen LogP contribution in [0.1, 0.15) is 39.5 Å². The van der Waals surface area contributed by atoms with Crippen LogP contribution in [0.25, 0.3) is 0 Å². The fourth-order valence-electron chi connectivity index (χ4n) is 1.76. The highest BCUT2D eigenvalue weighted by Gasteiger charge is 2.21. The molecule has 0 aromatic heterocycles. The summed E-state index contributed by atoms with van der Waals surface area (Å²) in [5, 5.41) is 13.9. The molecule has 0 radical (unpaired) electrons. The number of hydrogen-bond donors (Lipinski definition) is 3. The van der Waals surface area contributed by atoms with Gasteiger partial charge in [-0.2, -0.15) is 0 Å². The molecule has 2 amide bonds. The molecule has 8 heteroatoms. The molecule has 0 aromatic rings. The largest absolute Gasteiger partial charge is 0.481 e. The van der Waals surface area contributed by atoms with E-state index in [2.05, 4.69) is 10.6 Å². The van der Waals surface area contributed by atoms with Gasteiger partial charge >= 0.3 is 5.97 Å². The van der Waals surface area contributed by atoms with Crippen molar-refractivity contribution in [3.8, 4) is 0 Å². The first-order valence-corrected chi connectivity index (χ1v) is 7.95. The molecule has 0 bridgehead atoms. The number of rotatable bonds is 14. The molecule has 0 saturated heterocycles. The van der Waals surface area contributed by atoms with E-state index >= 15 is 0 Å². The first-order valence-electron chi connectivity index (χ1n) is 7.95. The van der Waals surface area contributed by atoms with Gasteiger partial charge in [0.15, 0.2) is 0 Å². The number of carboxylic acids is 1. The molecule has 0 aliphatic rings. The molecule has 0 aliphatic carbocycles. The maximum absolute atomic E-state index is 12.0. The average molecular weight is 332 g/mol.